The second-order valence-corrected chi connectivity index (χ2v) is 6.18. The van der Waals surface area contributed by atoms with E-state index in [1.165, 1.54) is 0 Å². The molecule has 1 saturated heterocycles. The van der Waals surface area contributed by atoms with Crippen molar-refractivity contribution >= 4 is 17.7 Å². The van der Waals surface area contributed by atoms with Gasteiger partial charge in [0.2, 0.25) is 0 Å². The number of hydrogen-bond acceptors (Lipinski definition) is 3. The van der Waals surface area contributed by atoms with Gasteiger partial charge in [0.25, 0.3) is 0 Å². The predicted octanol–water partition coefficient (Wildman–Crippen LogP) is 2.26. The molecule has 1 aromatic carbocycles. The Balaban J connectivity index is 1.85. The first-order valence-corrected chi connectivity index (χ1v) is 7.99. The van der Waals surface area contributed by atoms with Gasteiger partial charge in [-0.3, -0.25) is 4.79 Å². The number of amides is 2. The average molecular weight is 319 g/mol. The first kappa shape index (κ1) is 17.1. The molecule has 0 aliphatic carbocycles. The molecule has 6 heteroatoms. The van der Waals surface area contributed by atoms with E-state index in [4.69, 9.17) is 5.11 Å². The first-order valence-electron chi connectivity index (χ1n) is 7.99. The highest BCUT2D eigenvalue weighted by molar-refractivity contribution is 5.73. The molecule has 1 heterocycles. The Kier molecular flexibility index (Phi) is 5.84. The van der Waals surface area contributed by atoms with Crippen molar-refractivity contribution in [3.05, 3.63) is 29.8 Å². The van der Waals surface area contributed by atoms with Crippen LogP contribution in [0.2, 0.25) is 0 Å². The van der Waals surface area contributed by atoms with E-state index in [9.17, 15) is 9.59 Å². The number of aryl methyl sites for hydroxylation is 1. The molecule has 2 rings (SSSR count). The number of carbonyl (C=O) groups is 2. The maximum absolute atomic E-state index is 11.9. The van der Waals surface area contributed by atoms with Gasteiger partial charge in [0.05, 0.1) is 0 Å². The summed E-state index contributed by atoms with van der Waals surface area (Å²) in [6.45, 7) is 1.51. The molecule has 1 fully saturated rings. The van der Waals surface area contributed by atoms with Gasteiger partial charge in [-0.25, -0.2) is 4.79 Å². The van der Waals surface area contributed by atoms with E-state index in [1.807, 2.05) is 29.2 Å². The Hall–Kier alpha value is -2.24. The van der Waals surface area contributed by atoms with Crippen LogP contribution in [-0.2, 0) is 11.2 Å². The van der Waals surface area contributed by atoms with Crippen molar-refractivity contribution < 1.29 is 14.7 Å². The molecular formula is C17H25N3O3. The molecule has 1 aliphatic heterocycles. The zero-order chi connectivity index (χ0) is 16.8. The van der Waals surface area contributed by atoms with Crippen molar-refractivity contribution in [2.45, 2.75) is 31.7 Å². The van der Waals surface area contributed by atoms with Crippen LogP contribution in [0.15, 0.2) is 24.3 Å². The summed E-state index contributed by atoms with van der Waals surface area (Å²) in [6, 6.07) is 8.33. The van der Waals surface area contributed by atoms with Gasteiger partial charge >= 0.3 is 12.0 Å². The zero-order valence-electron chi connectivity index (χ0n) is 13.8. The number of piperidine rings is 1. The number of carbonyl (C=O) groups excluding carboxylic acids is 1. The Bertz CT molecular complexity index is 552. The minimum atomic E-state index is -0.777. The smallest absolute Gasteiger partial charge is 0.319 e. The van der Waals surface area contributed by atoms with Crippen LogP contribution in [0.1, 0.15) is 24.8 Å². The number of urea groups is 1. The van der Waals surface area contributed by atoms with Crippen molar-refractivity contribution in [3.63, 3.8) is 0 Å². The van der Waals surface area contributed by atoms with Crippen molar-refractivity contribution in [1.82, 2.24) is 9.80 Å². The Morgan fingerprint density at radius 2 is 2.00 bits per heavy atom. The normalized spacial score (nSPS) is 15.3. The lowest BCUT2D eigenvalue weighted by molar-refractivity contribution is -0.136. The van der Waals surface area contributed by atoms with Crippen LogP contribution in [0.25, 0.3) is 0 Å². The number of anilines is 1. The SMILES string of the molecule is CN(C)C(=O)N1CCC(Nc2cccc(CCC(=O)O)c2)CC1. The number of likely N-dealkylation sites (tertiary alicyclic amines) is 1. The van der Waals surface area contributed by atoms with Gasteiger partial charge < -0.3 is 20.2 Å². The van der Waals surface area contributed by atoms with Gasteiger partial charge in [0.1, 0.15) is 0 Å². The van der Waals surface area contributed by atoms with Crippen molar-refractivity contribution in [1.29, 1.82) is 0 Å². The molecule has 0 spiro atoms. The number of nitrogens with one attached hydrogen (secondary N) is 1. The fourth-order valence-electron chi connectivity index (χ4n) is 2.80. The molecule has 2 amide bonds. The Morgan fingerprint density at radius 3 is 2.61 bits per heavy atom. The zero-order valence-corrected chi connectivity index (χ0v) is 13.8. The van der Waals surface area contributed by atoms with Gasteiger partial charge in [-0.15, -0.1) is 0 Å². The minimum Gasteiger partial charge on any atom is -0.481 e. The van der Waals surface area contributed by atoms with Crippen LogP contribution in [-0.4, -0.2) is 60.1 Å². The largest absolute Gasteiger partial charge is 0.481 e. The van der Waals surface area contributed by atoms with E-state index in [1.54, 1.807) is 19.0 Å². The number of benzene rings is 1. The number of hydrogen-bond donors (Lipinski definition) is 2. The number of carboxylic acid groups (broad SMARTS) is 1. The lowest BCUT2D eigenvalue weighted by atomic mass is 10.0. The topological polar surface area (TPSA) is 72.9 Å². The highest BCUT2D eigenvalue weighted by Crippen LogP contribution is 2.19. The van der Waals surface area contributed by atoms with E-state index >= 15 is 0 Å². The maximum atomic E-state index is 11.9. The van der Waals surface area contributed by atoms with E-state index < -0.39 is 5.97 Å². The summed E-state index contributed by atoms with van der Waals surface area (Å²) in [5.41, 5.74) is 2.04. The summed E-state index contributed by atoms with van der Waals surface area (Å²) in [5, 5.41) is 12.3. The summed E-state index contributed by atoms with van der Waals surface area (Å²) in [7, 11) is 3.55. The Labute approximate surface area is 137 Å². The fourth-order valence-corrected chi connectivity index (χ4v) is 2.80. The van der Waals surface area contributed by atoms with Gasteiger partial charge in [0.15, 0.2) is 0 Å². The van der Waals surface area contributed by atoms with Crippen LogP contribution in [0.3, 0.4) is 0 Å². The quantitative estimate of drug-likeness (QED) is 0.873. The molecule has 1 aromatic rings. The van der Waals surface area contributed by atoms with Gasteiger partial charge in [-0.2, -0.15) is 0 Å². The monoisotopic (exact) mass is 319 g/mol. The third-order valence-electron chi connectivity index (χ3n) is 4.07. The van der Waals surface area contributed by atoms with E-state index in [-0.39, 0.29) is 12.5 Å². The standard InChI is InChI=1S/C17H25N3O3/c1-19(2)17(23)20-10-8-14(9-11-20)18-15-5-3-4-13(12-15)6-7-16(21)22/h3-5,12,14,18H,6-11H2,1-2H3,(H,21,22). The van der Waals surface area contributed by atoms with Crippen LogP contribution < -0.4 is 5.32 Å². The van der Waals surface area contributed by atoms with Gasteiger partial charge in [0, 0.05) is 45.3 Å². The summed E-state index contributed by atoms with van der Waals surface area (Å²) < 4.78 is 0. The maximum Gasteiger partial charge on any atom is 0.319 e. The summed E-state index contributed by atoms with van der Waals surface area (Å²) in [5.74, 6) is -0.777. The van der Waals surface area contributed by atoms with Crippen molar-refractivity contribution in [3.8, 4) is 0 Å². The van der Waals surface area contributed by atoms with E-state index in [0.29, 0.717) is 12.5 Å². The fraction of sp³-hybridized carbons (Fsp3) is 0.529. The molecule has 126 valence electrons. The molecule has 0 saturated carbocycles. The second-order valence-electron chi connectivity index (χ2n) is 6.18. The van der Waals surface area contributed by atoms with E-state index in [0.717, 1.165) is 37.2 Å². The third-order valence-corrected chi connectivity index (χ3v) is 4.07. The predicted molar refractivity (Wildman–Crippen MR) is 89.7 cm³/mol. The van der Waals surface area contributed by atoms with Crippen molar-refractivity contribution in [2.24, 2.45) is 0 Å². The van der Waals surface area contributed by atoms with Crippen LogP contribution >= 0.6 is 0 Å². The second kappa shape index (κ2) is 7.85. The number of rotatable bonds is 5. The lowest BCUT2D eigenvalue weighted by Crippen LogP contribution is -2.46. The van der Waals surface area contributed by atoms with Crippen LogP contribution in [0.5, 0.6) is 0 Å². The first-order chi connectivity index (χ1) is 11.0. The van der Waals surface area contributed by atoms with Crippen LogP contribution in [0.4, 0.5) is 10.5 Å². The molecule has 0 aromatic heterocycles. The van der Waals surface area contributed by atoms with Gasteiger partial charge in [-0.1, -0.05) is 12.1 Å². The average Bonchev–Trinajstić information content (AvgIpc) is 2.53. The molecule has 1 aliphatic rings. The molecular weight excluding hydrogens is 294 g/mol. The molecule has 0 unspecified atom stereocenters. The van der Waals surface area contributed by atoms with Crippen LogP contribution in [0, 0.1) is 0 Å². The highest BCUT2D eigenvalue weighted by Gasteiger charge is 2.23. The number of nitrogens with zero attached hydrogens (tertiary/aromatic N) is 2. The Morgan fingerprint density at radius 1 is 1.30 bits per heavy atom. The number of aliphatic carboxylic acids is 1. The highest BCUT2D eigenvalue weighted by atomic mass is 16.4. The summed E-state index contributed by atoms with van der Waals surface area (Å²) in [4.78, 5) is 26.1. The summed E-state index contributed by atoms with van der Waals surface area (Å²) in [6.07, 6.45) is 2.52. The molecule has 0 bridgehead atoms. The molecule has 6 nitrogen and oxygen atoms in total. The molecule has 2 N–H and O–H groups in total. The number of carboxylic acids is 1. The summed E-state index contributed by atoms with van der Waals surface area (Å²) >= 11 is 0. The van der Waals surface area contributed by atoms with Gasteiger partial charge in [-0.05, 0) is 37.0 Å². The molecule has 23 heavy (non-hydrogen) atoms. The lowest BCUT2D eigenvalue weighted by Gasteiger charge is -2.34. The van der Waals surface area contributed by atoms with E-state index in [2.05, 4.69) is 5.32 Å². The van der Waals surface area contributed by atoms with Crippen molar-refractivity contribution in [2.75, 3.05) is 32.5 Å². The minimum absolute atomic E-state index is 0.0686. The molecule has 0 radical (unpaired) electrons. The molecule has 0 atom stereocenters. The third kappa shape index (κ3) is 5.16.